The zero-order valence-corrected chi connectivity index (χ0v) is 16.0. The van der Waals surface area contributed by atoms with E-state index in [4.69, 9.17) is 13.6 Å². The molecule has 1 atom stereocenters. The van der Waals surface area contributed by atoms with Gasteiger partial charge >= 0.3 is 7.82 Å². The first-order chi connectivity index (χ1) is 12.0. The van der Waals surface area contributed by atoms with E-state index in [0.717, 1.165) is 19.3 Å². The number of benzene rings is 2. The van der Waals surface area contributed by atoms with Crippen LogP contribution < -0.4 is 9.05 Å². The van der Waals surface area contributed by atoms with Gasteiger partial charge in [-0.3, -0.25) is 4.52 Å². The molecule has 0 aromatic heterocycles. The molecule has 0 bridgehead atoms. The van der Waals surface area contributed by atoms with Crippen LogP contribution in [0.1, 0.15) is 40.0 Å². The molecule has 2 aromatic rings. The molecule has 0 fully saturated rings. The molecule has 4 nitrogen and oxygen atoms in total. The minimum atomic E-state index is -3.81. The zero-order valence-electron chi connectivity index (χ0n) is 15.1. The predicted octanol–water partition coefficient (Wildman–Crippen LogP) is 6.48. The van der Waals surface area contributed by atoms with Gasteiger partial charge in [0.05, 0.1) is 6.10 Å². The lowest BCUT2D eigenvalue weighted by Gasteiger charge is -2.26. The van der Waals surface area contributed by atoms with Gasteiger partial charge < -0.3 is 9.05 Å². The molecule has 0 aliphatic rings. The van der Waals surface area contributed by atoms with Gasteiger partial charge in [0, 0.05) is 0 Å². The molecule has 2 aromatic carbocycles. The fourth-order valence-corrected chi connectivity index (χ4v) is 3.93. The normalized spacial score (nSPS) is 12.8. The highest BCUT2D eigenvalue weighted by Gasteiger charge is 2.35. The summed E-state index contributed by atoms with van der Waals surface area (Å²) in [6, 6.07) is 18.0. The summed E-state index contributed by atoms with van der Waals surface area (Å²) in [5, 5.41) is 0. The van der Waals surface area contributed by atoms with Crippen LogP contribution in [0.2, 0.25) is 0 Å². The molecule has 136 valence electrons. The summed E-state index contributed by atoms with van der Waals surface area (Å²) in [7, 11) is -3.81. The lowest BCUT2D eigenvalue weighted by Crippen LogP contribution is -2.21. The average Bonchev–Trinajstić information content (AvgIpc) is 2.60. The molecule has 2 rings (SSSR count). The van der Waals surface area contributed by atoms with Gasteiger partial charge in [-0.1, -0.05) is 70.0 Å². The van der Waals surface area contributed by atoms with E-state index in [-0.39, 0.29) is 12.0 Å². The molecule has 0 aliphatic heterocycles. The number of phosphoric ester groups is 1. The van der Waals surface area contributed by atoms with E-state index in [1.54, 1.807) is 24.3 Å². The molecule has 5 heteroatoms. The van der Waals surface area contributed by atoms with E-state index in [9.17, 15) is 4.57 Å². The maximum Gasteiger partial charge on any atom is 0.587 e. The van der Waals surface area contributed by atoms with Gasteiger partial charge in [-0.05, 0) is 36.6 Å². The molecule has 0 saturated heterocycles. The second kappa shape index (κ2) is 9.65. The van der Waals surface area contributed by atoms with Crippen molar-refractivity contribution < 1.29 is 18.1 Å². The maximum atomic E-state index is 13.4. The van der Waals surface area contributed by atoms with Gasteiger partial charge in [-0.25, -0.2) is 4.57 Å². The second-order valence-corrected chi connectivity index (χ2v) is 7.76. The number of unbranched alkanes of at least 4 members (excludes halogenated alkanes) is 1. The highest BCUT2D eigenvalue weighted by atomic mass is 31.2. The standard InChI is InChI=1S/C20H27O4P/c1-4-5-16-20(17(2)3)24-25(21,22-18-12-8-6-9-13-18)23-19-14-10-7-11-15-19/h6-15,17,20H,4-5,16H2,1-3H3. The van der Waals surface area contributed by atoms with Gasteiger partial charge in [-0.2, -0.15) is 0 Å². The molecule has 0 heterocycles. The van der Waals surface area contributed by atoms with Crippen LogP contribution in [0.25, 0.3) is 0 Å². The van der Waals surface area contributed by atoms with Crippen molar-refractivity contribution in [3.63, 3.8) is 0 Å². The Bertz CT molecular complexity index is 612. The van der Waals surface area contributed by atoms with Gasteiger partial charge in [0.2, 0.25) is 0 Å². The van der Waals surface area contributed by atoms with Crippen LogP contribution in [-0.4, -0.2) is 6.10 Å². The summed E-state index contributed by atoms with van der Waals surface area (Å²) in [6.07, 6.45) is 2.67. The van der Waals surface area contributed by atoms with Crippen molar-refractivity contribution in [2.45, 2.75) is 46.1 Å². The highest BCUT2D eigenvalue weighted by molar-refractivity contribution is 7.49. The Morgan fingerprint density at radius 3 is 1.76 bits per heavy atom. The Balaban J connectivity index is 2.22. The van der Waals surface area contributed by atoms with E-state index in [0.29, 0.717) is 11.5 Å². The quantitative estimate of drug-likeness (QED) is 0.454. The van der Waals surface area contributed by atoms with E-state index in [1.807, 2.05) is 36.4 Å². The summed E-state index contributed by atoms with van der Waals surface area (Å²) in [6.45, 7) is 6.23. The second-order valence-electron chi connectivity index (χ2n) is 6.29. The van der Waals surface area contributed by atoms with Crippen molar-refractivity contribution in [3.05, 3.63) is 60.7 Å². The average molecular weight is 362 g/mol. The lowest BCUT2D eigenvalue weighted by molar-refractivity contribution is 0.0986. The van der Waals surface area contributed by atoms with Crippen molar-refractivity contribution in [3.8, 4) is 11.5 Å². The zero-order chi connectivity index (χ0) is 18.1. The number of hydrogen-bond donors (Lipinski definition) is 0. The van der Waals surface area contributed by atoms with Crippen LogP contribution in [-0.2, 0) is 9.09 Å². The van der Waals surface area contributed by atoms with E-state index >= 15 is 0 Å². The molecule has 0 radical (unpaired) electrons. The predicted molar refractivity (Wildman–Crippen MR) is 101 cm³/mol. The summed E-state index contributed by atoms with van der Waals surface area (Å²) in [5.41, 5.74) is 0. The summed E-state index contributed by atoms with van der Waals surface area (Å²) < 4.78 is 30.6. The van der Waals surface area contributed by atoms with Gasteiger partial charge in [-0.15, -0.1) is 0 Å². The molecule has 0 N–H and O–H groups in total. The first-order valence-electron chi connectivity index (χ1n) is 8.80. The van der Waals surface area contributed by atoms with Crippen LogP contribution >= 0.6 is 7.82 Å². The minimum absolute atomic E-state index is 0.196. The van der Waals surface area contributed by atoms with Gasteiger partial charge in [0.15, 0.2) is 0 Å². The van der Waals surface area contributed by atoms with Crippen LogP contribution in [0, 0.1) is 5.92 Å². The van der Waals surface area contributed by atoms with Crippen LogP contribution in [0.3, 0.4) is 0 Å². The monoisotopic (exact) mass is 362 g/mol. The molecule has 0 saturated carbocycles. The maximum absolute atomic E-state index is 13.4. The Morgan fingerprint density at radius 2 is 1.36 bits per heavy atom. The largest absolute Gasteiger partial charge is 0.587 e. The molecular weight excluding hydrogens is 335 g/mol. The Labute approximate surface area is 150 Å². The molecule has 0 spiro atoms. The fourth-order valence-electron chi connectivity index (χ4n) is 2.36. The third kappa shape index (κ3) is 6.56. The molecule has 25 heavy (non-hydrogen) atoms. The lowest BCUT2D eigenvalue weighted by atomic mass is 10.0. The van der Waals surface area contributed by atoms with E-state index in [2.05, 4.69) is 20.8 Å². The summed E-state index contributed by atoms with van der Waals surface area (Å²) in [4.78, 5) is 0. The van der Waals surface area contributed by atoms with E-state index in [1.165, 1.54) is 0 Å². The topological polar surface area (TPSA) is 44.8 Å². The van der Waals surface area contributed by atoms with Crippen molar-refractivity contribution >= 4 is 7.82 Å². The minimum Gasteiger partial charge on any atom is -0.395 e. The van der Waals surface area contributed by atoms with Crippen LogP contribution in [0.15, 0.2) is 60.7 Å². The third-order valence-corrected chi connectivity index (χ3v) is 5.17. The first-order valence-corrected chi connectivity index (χ1v) is 10.3. The van der Waals surface area contributed by atoms with Crippen LogP contribution in [0.5, 0.6) is 11.5 Å². The number of hydrogen-bond acceptors (Lipinski definition) is 4. The highest BCUT2D eigenvalue weighted by Crippen LogP contribution is 2.51. The molecular formula is C20H27O4P. The fraction of sp³-hybridized carbons (Fsp3) is 0.400. The SMILES string of the molecule is CCCCC(OP(=O)(Oc1ccccc1)Oc1ccccc1)C(C)C. The number of para-hydroxylation sites is 2. The van der Waals surface area contributed by atoms with Crippen molar-refractivity contribution in [2.75, 3.05) is 0 Å². The van der Waals surface area contributed by atoms with Crippen molar-refractivity contribution in [1.29, 1.82) is 0 Å². The summed E-state index contributed by atoms with van der Waals surface area (Å²) in [5.74, 6) is 1.12. The Hall–Kier alpha value is -1.77. The smallest absolute Gasteiger partial charge is 0.395 e. The molecule has 0 aliphatic carbocycles. The van der Waals surface area contributed by atoms with Gasteiger partial charge in [0.25, 0.3) is 0 Å². The number of phosphoric acid groups is 1. The molecule has 0 amide bonds. The third-order valence-electron chi connectivity index (χ3n) is 3.77. The first kappa shape index (κ1) is 19.6. The number of rotatable bonds is 10. The van der Waals surface area contributed by atoms with Crippen molar-refractivity contribution in [1.82, 2.24) is 0 Å². The summed E-state index contributed by atoms with van der Waals surface area (Å²) >= 11 is 0. The Kier molecular flexibility index (Phi) is 7.54. The van der Waals surface area contributed by atoms with Crippen molar-refractivity contribution in [2.24, 2.45) is 5.92 Å². The van der Waals surface area contributed by atoms with Gasteiger partial charge in [0.1, 0.15) is 11.5 Å². The van der Waals surface area contributed by atoms with E-state index < -0.39 is 7.82 Å². The van der Waals surface area contributed by atoms with Crippen LogP contribution in [0.4, 0.5) is 0 Å². The Morgan fingerprint density at radius 1 is 0.880 bits per heavy atom. The molecule has 1 unspecified atom stereocenters.